The first-order valence-electron chi connectivity index (χ1n) is 7.79. The van der Waals surface area contributed by atoms with Gasteiger partial charge in [0, 0.05) is 24.6 Å². The molecule has 0 amide bonds. The standard InChI is InChI=1S/C17H22N4O.HI/c1-2-18-16(19-12-15-8-11-22-21-15)20-13-17(9-10-17)14-6-4-3-5-7-14;/h3-8,11H,2,9-10,12-13H2,1H3,(H2,18,19,20);1H. The van der Waals surface area contributed by atoms with Gasteiger partial charge in [-0.2, -0.15) is 0 Å². The molecular weight excluding hydrogens is 403 g/mol. The third kappa shape index (κ3) is 4.70. The third-order valence-corrected chi connectivity index (χ3v) is 4.07. The lowest BCUT2D eigenvalue weighted by Gasteiger charge is -2.18. The SMILES string of the molecule is CCNC(=NCc1ccon1)NCC1(c2ccccc2)CC1.I. The van der Waals surface area contributed by atoms with Gasteiger partial charge >= 0.3 is 0 Å². The second kappa shape index (κ2) is 8.33. The third-order valence-electron chi connectivity index (χ3n) is 4.07. The van der Waals surface area contributed by atoms with Gasteiger partial charge in [-0.25, -0.2) is 4.99 Å². The first kappa shape index (κ1) is 17.8. The molecule has 0 aliphatic heterocycles. The largest absolute Gasteiger partial charge is 0.364 e. The Morgan fingerprint density at radius 3 is 2.61 bits per heavy atom. The van der Waals surface area contributed by atoms with Crippen LogP contribution in [0.1, 0.15) is 31.0 Å². The summed E-state index contributed by atoms with van der Waals surface area (Å²) in [6.45, 7) is 4.33. The number of halogens is 1. The number of hydrogen-bond acceptors (Lipinski definition) is 3. The number of aromatic nitrogens is 1. The molecular formula is C17H23IN4O. The molecule has 0 radical (unpaired) electrons. The summed E-state index contributed by atoms with van der Waals surface area (Å²) in [5.41, 5.74) is 2.52. The molecule has 124 valence electrons. The van der Waals surface area contributed by atoms with Gasteiger partial charge < -0.3 is 15.2 Å². The van der Waals surface area contributed by atoms with Gasteiger partial charge in [-0.15, -0.1) is 24.0 Å². The maximum absolute atomic E-state index is 4.83. The monoisotopic (exact) mass is 426 g/mol. The second-order valence-corrected chi connectivity index (χ2v) is 5.69. The number of hydrogen-bond donors (Lipinski definition) is 2. The van der Waals surface area contributed by atoms with Gasteiger partial charge in [0.25, 0.3) is 0 Å². The van der Waals surface area contributed by atoms with E-state index in [0.717, 1.165) is 24.7 Å². The van der Waals surface area contributed by atoms with E-state index in [1.807, 2.05) is 6.07 Å². The molecule has 6 heteroatoms. The molecule has 0 atom stereocenters. The molecule has 1 saturated carbocycles. The summed E-state index contributed by atoms with van der Waals surface area (Å²) >= 11 is 0. The van der Waals surface area contributed by atoms with Crippen molar-refractivity contribution in [2.45, 2.75) is 31.7 Å². The van der Waals surface area contributed by atoms with Gasteiger partial charge in [0.15, 0.2) is 5.96 Å². The van der Waals surface area contributed by atoms with E-state index in [1.54, 1.807) is 6.26 Å². The van der Waals surface area contributed by atoms with Gasteiger partial charge in [-0.1, -0.05) is 35.5 Å². The minimum Gasteiger partial charge on any atom is -0.364 e. The highest BCUT2D eigenvalue weighted by Gasteiger charge is 2.43. The van der Waals surface area contributed by atoms with Crippen LogP contribution in [0.2, 0.25) is 0 Å². The quantitative estimate of drug-likeness (QED) is 0.424. The van der Waals surface area contributed by atoms with E-state index in [9.17, 15) is 0 Å². The van der Waals surface area contributed by atoms with E-state index in [2.05, 4.69) is 58.0 Å². The van der Waals surface area contributed by atoms with Crippen LogP contribution in [-0.4, -0.2) is 24.2 Å². The Hall–Kier alpha value is -1.57. The maximum Gasteiger partial charge on any atom is 0.191 e. The van der Waals surface area contributed by atoms with Crippen LogP contribution < -0.4 is 10.6 Å². The lowest BCUT2D eigenvalue weighted by molar-refractivity contribution is 0.412. The molecule has 23 heavy (non-hydrogen) atoms. The highest BCUT2D eigenvalue weighted by Crippen LogP contribution is 2.47. The van der Waals surface area contributed by atoms with Crippen LogP contribution >= 0.6 is 24.0 Å². The highest BCUT2D eigenvalue weighted by atomic mass is 127. The van der Waals surface area contributed by atoms with E-state index in [-0.39, 0.29) is 29.4 Å². The van der Waals surface area contributed by atoms with Crippen LogP contribution in [0, 0.1) is 0 Å². The van der Waals surface area contributed by atoms with Crippen LogP contribution in [0.5, 0.6) is 0 Å². The summed E-state index contributed by atoms with van der Waals surface area (Å²) in [7, 11) is 0. The fourth-order valence-corrected chi connectivity index (χ4v) is 2.58. The fraction of sp³-hybridized carbons (Fsp3) is 0.412. The predicted molar refractivity (Wildman–Crippen MR) is 102 cm³/mol. The molecule has 1 heterocycles. The topological polar surface area (TPSA) is 62.5 Å². The van der Waals surface area contributed by atoms with E-state index >= 15 is 0 Å². The molecule has 1 aliphatic carbocycles. The molecule has 3 rings (SSSR count). The summed E-state index contributed by atoms with van der Waals surface area (Å²) in [5.74, 6) is 0.827. The van der Waals surface area contributed by atoms with Crippen molar-refractivity contribution in [2.75, 3.05) is 13.1 Å². The van der Waals surface area contributed by atoms with Crippen LogP contribution in [0.15, 0.2) is 52.2 Å². The van der Waals surface area contributed by atoms with E-state index < -0.39 is 0 Å². The molecule has 1 aromatic heterocycles. The van der Waals surface area contributed by atoms with Gasteiger partial charge in [0.1, 0.15) is 12.0 Å². The van der Waals surface area contributed by atoms with Crippen LogP contribution in [0.4, 0.5) is 0 Å². The summed E-state index contributed by atoms with van der Waals surface area (Å²) < 4.78 is 4.83. The number of aliphatic imine (C=N–C) groups is 1. The average molecular weight is 426 g/mol. The predicted octanol–water partition coefficient (Wildman–Crippen LogP) is 3.08. The van der Waals surface area contributed by atoms with Gasteiger partial charge in [-0.3, -0.25) is 0 Å². The summed E-state index contributed by atoms with van der Waals surface area (Å²) in [5, 5.41) is 10.6. The van der Waals surface area contributed by atoms with Crippen molar-refractivity contribution in [3.8, 4) is 0 Å². The van der Waals surface area contributed by atoms with E-state index in [4.69, 9.17) is 4.52 Å². The summed E-state index contributed by atoms with van der Waals surface area (Å²) in [4.78, 5) is 4.55. The zero-order chi connectivity index (χ0) is 15.3. The molecule has 0 unspecified atom stereocenters. The molecule has 1 fully saturated rings. The lowest BCUT2D eigenvalue weighted by Crippen LogP contribution is -2.41. The van der Waals surface area contributed by atoms with Crippen molar-refractivity contribution >= 4 is 29.9 Å². The Morgan fingerprint density at radius 2 is 2.00 bits per heavy atom. The second-order valence-electron chi connectivity index (χ2n) is 5.69. The minimum absolute atomic E-state index is 0. The van der Waals surface area contributed by atoms with Crippen LogP contribution in [-0.2, 0) is 12.0 Å². The Morgan fingerprint density at radius 1 is 1.22 bits per heavy atom. The number of rotatable bonds is 6. The van der Waals surface area contributed by atoms with E-state index in [1.165, 1.54) is 18.4 Å². The van der Waals surface area contributed by atoms with Crippen molar-refractivity contribution < 1.29 is 4.52 Å². The molecule has 1 aliphatic rings. The molecule has 2 aromatic rings. The van der Waals surface area contributed by atoms with Crippen molar-refractivity contribution in [3.05, 3.63) is 53.9 Å². The van der Waals surface area contributed by atoms with Crippen molar-refractivity contribution in [3.63, 3.8) is 0 Å². The summed E-state index contributed by atoms with van der Waals surface area (Å²) in [6, 6.07) is 12.6. The molecule has 2 N–H and O–H groups in total. The first-order chi connectivity index (χ1) is 10.8. The Kier molecular flexibility index (Phi) is 6.44. The van der Waals surface area contributed by atoms with Crippen molar-refractivity contribution in [1.29, 1.82) is 0 Å². The van der Waals surface area contributed by atoms with Crippen molar-refractivity contribution in [1.82, 2.24) is 15.8 Å². The zero-order valence-corrected chi connectivity index (χ0v) is 15.6. The van der Waals surface area contributed by atoms with Gasteiger partial charge in [0.2, 0.25) is 0 Å². The number of benzene rings is 1. The van der Waals surface area contributed by atoms with Crippen LogP contribution in [0.25, 0.3) is 0 Å². The molecule has 0 spiro atoms. The maximum atomic E-state index is 4.83. The zero-order valence-electron chi connectivity index (χ0n) is 13.3. The summed E-state index contributed by atoms with van der Waals surface area (Å²) in [6.07, 6.45) is 4.03. The Balaban J connectivity index is 0.00000192. The Bertz CT molecular complexity index is 609. The van der Waals surface area contributed by atoms with Gasteiger partial charge in [0.05, 0.1) is 6.54 Å². The fourth-order valence-electron chi connectivity index (χ4n) is 2.58. The van der Waals surface area contributed by atoms with Gasteiger partial charge in [-0.05, 0) is 25.3 Å². The smallest absolute Gasteiger partial charge is 0.191 e. The Labute approximate surface area is 154 Å². The molecule has 5 nitrogen and oxygen atoms in total. The lowest BCUT2D eigenvalue weighted by atomic mass is 9.96. The molecule has 1 aromatic carbocycles. The average Bonchev–Trinajstić information content (AvgIpc) is 3.17. The highest BCUT2D eigenvalue weighted by molar-refractivity contribution is 14.0. The van der Waals surface area contributed by atoms with Crippen molar-refractivity contribution in [2.24, 2.45) is 4.99 Å². The first-order valence-corrected chi connectivity index (χ1v) is 7.79. The number of nitrogens with zero attached hydrogens (tertiary/aromatic N) is 2. The van der Waals surface area contributed by atoms with Crippen LogP contribution in [0.3, 0.4) is 0 Å². The minimum atomic E-state index is 0. The normalized spacial score (nSPS) is 15.6. The molecule has 0 bridgehead atoms. The number of guanidine groups is 1. The molecule has 0 saturated heterocycles. The van der Waals surface area contributed by atoms with E-state index in [0.29, 0.717) is 6.54 Å². The number of nitrogens with one attached hydrogen (secondary N) is 2.